The summed E-state index contributed by atoms with van der Waals surface area (Å²) < 4.78 is 26.5. The maximum Gasteiger partial charge on any atom is 0.180 e. The van der Waals surface area contributed by atoms with Gasteiger partial charge in [-0.15, -0.1) is 0 Å². The van der Waals surface area contributed by atoms with Gasteiger partial charge in [0.15, 0.2) is 15.5 Å². The van der Waals surface area contributed by atoms with Crippen molar-refractivity contribution in [1.82, 2.24) is 14.5 Å². The second kappa shape index (κ2) is 7.06. The van der Waals surface area contributed by atoms with Crippen molar-refractivity contribution in [2.24, 2.45) is 0 Å². The summed E-state index contributed by atoms with van der Waals surface area (Å²) in [6.07, 6.45) is 3.26. The number of aliphatic hydroxyl groups excluding tert-OH is 1. The molecule has 0 aliphatic heterocycles. The van der Waals surface area contributed by atoms with E-state index in [4.69, 9.17) is 10.8 Å². The molecular formula is C20H18N4O3S. The van der Waals surface area contributed by atoms with Crippen molar-refractivity contribution in [2.75, 3.05) is 18.1 Å². The summed E-state index contributed by atoms with van der Waals surface area (Å²) in [4.78, 5) is 8.63. The van der Waals surface area contributed by atoms with Gasteiger partial charge in [0.2, 0.25) is 0 Å². The zero-order valence-electron chi connectivity index (χ0n) is 14.9. The van der Waals surface area contributed by atoms with Crippen LogP contribution in [0, 0.1) is 0 Å². The number of hydrogen-bond donors (Lipinski definition) is 2. The molecular weight excluding hydrogens is 376 g/mol. The molecule has 0 radical (unpaired) electrons. The normalized spacial score (nSPS) is 11.8. The highest BCUT2D eigenvalue weighted by molar-refractivity contribution is 7.91. The molecule has 0 amide bonds. The van der Waals surface area contributed by atoms with Gasteiger partial charge < -0.3 is 15.4 Å². The van der Waals surface area contributed by atoms with Crippen molar-refractivity contribution in [1.29, 1.82) is 0 Å². The highest BCUT2D eigenvalue weighted by atomic mass is 32.2. The third-order valence-corrected chi connectivity index (χ3v) is 6.20. The Kier molecular flexibility index (Phi) is 4.58. The lowest BCUT2D eigenvalue weighted by Gasteiger charge is -2.08. The molecule has 0 fully saturated rings. The van der Waals surface area contributed by atoms with Gasteiger partial charge in [-0.05, 0) is 23.8 Å². The number of fused-ring (bicyclic) bond motifs is 1. The van der Waals surface area contributed by atoms with E-state index < -0.39 is 16.4 Å². The Morgan fingerprint density at radius 2 is 1.82 bits per heavy atom. The number of nitrogen functional groups attached to an aromatic ring is 1. The minimum atomic E-state index is -3.57. The number of aliphatic hydroxyl groups is 1. The number of aromatic nitrogens is 3. The highest BCUT2D eigenvalue weighted by Gasteiger charge is 2.18. The predicted molar refractivity (Wildman–Crippen MR) is 108 cm³/mol. The topological polar surface area (TPSA) is 111 Å². The molecule has 0 saturated carbocycles. The van der Waals surface area contributed by atoms with E-state index in [-0.39, 0.29) is 10.6 Å². The molecule has 3 N–H and O–H groups in total. The summed E-state index contributed by atoms with van der Waals surface area (Å²) in [7, 11) is -3.57. The number of anilines is 1. The van der Waals surface area contributed by atoms with Crippen molar-refractivity contribution >= 4 is 26.7 Å². The first-order valence-corrected chi connectivity index (χ1v) is 10.3. The van der Waals surface area contributed by atoms with Crippen molar-refractivity contribution in [3.05, 3.63) is 67.1 Å². The number of sulfone groups is 1. The average Bonchev–Trinajstić information content (AvgIpc) is 3.10. The van der Waals surface area contributed by atoms with Gasteiger partial charge >= 0.3 is 0 Å². The molecule has 0 aliphatic carbocycles. The Morgan fingerprint density at radius 3 is 2.57 bits per heavy atom. The van der Waals surface area contributed by atoms with E-state index >= 15 is 0 Å². The molecule has 28 heavy (non-hydrogen) atoms. The van der Waals surface area contributed by atoms with Crippen LogP contribution in [0.4, 0.5) is 5.82 Å². The second-order valence-electron chi connectivity index (χ2n) is 6.28. The van der Waals surface area contributed by atoms with Gasteiger partial charge in [-0.25, -0.2) is 18.4 Å². The first-order valence-electron chi connectivity index (χ1n) is 8.62. The van der Waals surface area contributed by atoms with Gasteiger partial charge in [-0.3, -0.25) is 0 Å². The van der Waals surface area contributed by atoms with E-state index in [0.29, 0.717) is 22.5 Å². The third kappa shape index (κ3) is 3.12. The molecule has 2 aromatic carbocycles. The summed E-state index contributed by atoms with van der Waals surface area (Å²) in [5.41, 5.74) is 9.17. The Morgan fingerprint density at radius 1 is 1.04 bits per heavy atom. The van der Waals surface area contributed by atoms with E-state index in [2.05, 4.69) is 9.97 Å². The lowest BCUT2D eigenvalue weighted by Crippen LogP contribution is -2.10. The van der Waals surface area contributed by atoms with Crippen LogP contribution in [0.3, 0.4) is 0 Å². The fourth-order valence-corrected chi connectivity index (χ4v) is 4.25. The predicted octanol–water partition coefficient (Wildman–Crippen LogP) is 2.44. The summed E-state index contributed by atoms with van der Waals surface area (Å²) in [5.74, 6) is 0.0273. The van der Waals surface area contributed by atoms with Crippen LogP contribution in [-0.2, 0) is 9.84 Å². The van der Waals surface area contributed by atoms with Crippen molar-refractivity contribution < 1.29 is 13.5 Å². The van der Waals surface area contributed by atoms with E-state index in [9.17, 15) is 8.42 Å². The minimum absolute atomic E-state index is 0.143. The largest absolute Gasteiger partial charge is 0.395 e. The molecule has 4 rings (SSSR count). The zero-order chi connectivity index (χ0) is 19.7. The molecule has 0 atom stereocenters. The van der Waals surface area contributed by atoms with Gasteiger partial charge in [-0.2, -0.15) is 0 Å². The Bertz CT molecular complexity index is 1250. The molecule has 142 valence electrons. The van der Waals surface area contributed by atoms with E-state index in [0.717, 1.165) is 11.1 Å². The van der Waals surface area contributed by atoms with Crippen LogP contribution in [0.2, 0.25) is 0 Å². The van der Waals surface area contributed by atoms with Crippen molar-refractivity contribution in [3.63, 3.8) is 0 Å². The van der Waals surface area contributed by atoms with Crippen LogP contribution in [0.1, 0.15) is 0 Å². The van der Waals surface area contributed by atoms with Gasteiger partial charge in [0.05, 0.1) is 22.6 Å². The van der Waals surface area contributed by atoms with Crippen LogP contribution in [0.25, 0.3) is 27.8 Å². The average molecular weight is 394 g/mol. The summed E-state index contributed by atoms with van der Waals surface area (Å²) in [5, 5.41) is 9.74. The first-order chi connectivity index (χ1) is 13.5. The van der Waals surface area contributed by atoms with Crippen LogP contribution < -0.4 is 5.73 Å². The minimum Gasteiger partial charge on any atom is -0.395 e. The molecule has 4 aromatic rings. The second-order valence-corrected chi connectivity index (χ2v) is 8.39. The van der Waals surface area contributed by atoms with E-state index in [1.54, 1.807) is 22.8 Å². The van der Waals surface area contributed by atoms with Gasteiger partial charge in [0.25, 0.3) is 0 Å². The lowest BCUT2D eigenvalue weighted by molar-refractivity contribution is 0.319. The van der Waals surface area contributed by atoms with E-state index in [1.807, 2.05) is 36.5 Å². The number of benzene rings is 2. The number of nitrogens with zero attached hydrogens (tertiary/aromatic N) is 3. The highest BCUT2D eigenvalue weighted by Crippen LogP contribution is 2.34. The van der Waals surface area contributed by atoms with Crippen molar-refractivity contribution in [2.45, 2.75) is 4.90 Å². The van der Waals surface area contributed by atoms with Crippen LogP contribution >= 0.6 is 0 Å². The van der Waals surface area contributed by atoms with Gasteiger partial charge in [0.1, 0.15) is 12.1 Å². The third-order valence-electron chi connectivity index (χ3n) is 4.51. The quantitative estimate of drug-likeness (QED) is 0.538. The smallest absolute Gasteiger partial charge is 0.180 e. The van der Waals surface area contributed by atoms with Gasteiger partial charge in [-0.1, -0.05) is 36.4 Å². The van der Waals surface area contributed by atoms with Crippen LogP contribution in [0.15, 0.2) is 72.0 Å². The van der Waals surface area contributed by atoms with Crippen LogP contribution in [-0.4, -0.2) is 40.4 Å². The molecule has 2 heterocycles. The standard InChI is InChI=1S/C20H18N4O3S/c21-19-18-17(14-5-2-1-3-6-14)12-24(20(18)23-13-22-19)15-7-4-8-16(11-15)28(26,27)10-9-25/h1-8,11-13,25H,9-10H2,(H2,21,22,23). The molecule has 0 unspecified atom stereocenters. The molecule has 2 aromatic heterocycles. The maximum absolute atomic E-state index is 12.3. The lowest BCUT2D eigenvalue weighted by atomic mass is 10.1. The Balaban J connectivity index is 1.95. The fourth-order valence-electron chi connectivity index (χ4n) is 3.18. The van der Waals surface area contributed by atoms with Gasteiger partial charge in [0, 0.05) is 17.4 Å². The maximum atomic E-state index is 12.3. The Labute approximate surface area is 162 Å². The molecule has 0 saturated heterocycles. The summed E-state index contributed by atoms with van der Waals surface area (Å²) in [6, 6.07) is 16.3. The van der Waals surface area contributed by atoms with E-state index in [1.165, 1.54) is 12.4 Å². The monoisotopic (exact) mass is 394 g/mol. The SMILES string of the molecule is Nc1ncnc2c1c(-c1ccccc1)cn2-c1cccc(S(=O)(=O)CCO)c1. The number of nitrogens with two attached hydrogens (primary N) is 1. The number of rotatable bonds is 5. The fraction of sp³-hybridized carbons (Fsp3) is 0.100. The van der Waals surface area contributed by atoms with Crippen molar-refractivity contribution in [3.8, 4) is 16.8 Å². The molecule has 0 bridgehead atoms. The number of hydrogen-bond acceptors (Lipinski definition) is 6. The summed E-state index contributed by atoms with van der Waals surface area (Å²) >= 11 is 0. The summed E-state index contributed by atoms with van der Waals surface area (Å²) in [6.45, 7) is -0.430. The first kappa shape index (κ1) is 18.1. The van der Waals surface area contributed by atoms with Crippen LogP contribution in [0.5, 0.6) is 0 Å². The molecule has 8 heteroatoms. The Hall–Kier alpha value is -3.23. The zero-order valence-corrected chi connectivity index (χ0v) is 15.7. The molecule has 7 nitrogen and oxygen atoms in total. The molecule has 0 aliphatic rings. The molecule has 0 spiro atoms.